The van der Waals surface area contributed by atoms with Crippen molar-refractivity contribution in [3.05, 3.63) is 59.4 Å². The minimum absolute atomic E-state index is 0.125. The van der Waals surface area contributed by atoms with Crippen molar-refractivity contribution in [2.45, 2.75) is 6.42 Å². The van der Waals surface area contributed by atoms with E-state index >= 15 is 0 Å². The van der Waals surface area contributed by atoms with E-state index in [1.807, 2.05) is 6.07 Å². The summed E-state index contributed by atoms with van der Waals surface area (Å²) < 4.78 is 12.8. The molecule has 0 saturated heterocycles. The van der Waals surface area contributed by atoms with Gasteiger partial charge in [0.05, 0.1) is 29.4 Å². The number of halogens is 1. The minimum atomic E-state index is -0.342. The maximum atomic E-state index is 12.8. The number of amides is 1. The van der Waals surface area contributed by atoms with Gasteiger partial charge in [-0.15, -0.1) is 0 Å². The van der Waals surface area contributed by atoms with Gasteiger partial charge in [-0.05, 0) is 35.9 Å². The van der Waals surface area contributed by atoms with Crippen molar-refractivity contribution in [1.29, 1.82) is 5.26 Å². The molecule has 0 aliphatic heterocycles. The van der Waals surface area contributed by atoms with E-state index in [-0.39, 0.29) is 18.1 Å². The lowest BCUT2D eigenvalue weighted by Crippen LogP contribution is -2.15. The normalized spacial score (nSPS) is 9.80. The molecule has 0 spiro atoms. The Labute approximate surface area is 115 Å². The number of nitrogen functional groups attached to an aromatic ring is 1. The van der Waals surface area contributed by atoms with Crippen molar-refractivity contribution in [2.75, 3.05) is 11.1 Å². The zero-order valence-corrected chi connectivity index (χ0v) is 10.6. The predicted molar refractivity (Wildman–Crippen MR) is 74.3 cm³/mol. The van der Waals surface area contributed by atoms with Crippen LogP contribution in [-0.2, 0) is 11.2 Å². The van der Waals surface area contributed by atoms with E-state index < -0.39 is 0 Å². The molecule has 100 valence electrons. The van der Waals surface area contributed by atoms with Crippen molar-refractivity contribution < 1.29 is 9.18 Å². The lowest BCUT2D eigenvalue weighted by atomic mass is 10.1. The van der Waals surface area contributed by atoms with E-state index in [0.717, 1.165) is 0 Å². The topological polar surface area (TPSA) is 78.9 Å². The number of benzene rings is 2. The number of nitrogens with zero attached hydrogens (tertiary/aromatic N) is 1. The van der Waals surface area contributed by atoms with Crippen LogP contribution >= 0.6 is 0 Å². The second kappa shape index (κ2) is 5.85. The third kappa shape index (κ3) is 3.33. The van der Waals surface area contributed by atoms with E-state index in [0.29, 0.717) is 22.5 Å². The maximum absolute atomic E-state index is 12.8. The Hall–Kier alpha value is -2.87. The van der Waals surface area contributed by atoms with Gasteiger partial charge in [0, 0.05) is 0 Å². The zero-order chi connectivity index (χ0) is 14.5. The Morgan fingerprint density at radius 2 is 1.95 bits per heavy atom. The lowest BCUT2D eigenvalue weighted by Gasteiger charge is -2.08. The number of rotatable bonds is 3. The molecule has 1 amide bonds. The molecule has 2 aromatic rings. The summed E-state index contributed by atoms with van der Waals surface area (Å²) in [6, 6.07) is 12.3. The second-order valence-electron chi connectivity index (χ2n) is 4.27. The van der Waals surface area contributed by atoms with E-state index in [1.54, 1.807) is 24.3 Å². The monoisotopic (exact) mass is 269 g/mol. The fourth-order valence-electron chi connectivity index (χ4n) is 1.73. The van der Waals surface area contributed by atoms with Gasteiger partial charge >= 0.3 is 0 Å². The number of nitrogens with one attached hydrogen (secondary N) is 1. The molecule has 0 fully saturated rings. The molecule has 0 radical (unpaired) electrons. The molecule has 4 nitrogen and oxygen atoms in total. The number of hydrogen-bond donors (Lipinski definition) is 2. The van der Waals surface area contributed by atoms with Crippen LogP contribution in [0.15, 0.2) is 42.5 Å². The highest BCUT2D eigenvalue weighted by Gasteiger charge is 2.07. The maximum Gasteiger partial charge on any atom is 0.228 e. The highest BCUT2D eigenvalue weighted by Crippen LogP contribution is 2.19. The smallest absolute Gasteiger partial charge is 0.228 e. The molecule has 2 aromatic carbocycles. The van der Waals surface area contributed by atoms with E-state index in [4.69, 9.17) is 11.0 Å². The highest BCUT2D eigenvalue weighted by molar-refractivity contribution is 5.95. The number of carbonyl (C=O) groups is 1. The van der Waals surface area contributed by atoms with Gasteiger partial charge in [-0.1, -0.05) is 12.1 Å². The quantitative estimate of drug-likeness (QED) is 0.840. The summed E-state index contributed by atoms with van der Waals surface area (Å²) in [5, 5.41) is 11.4. The fourth-order valence-corrected chi connectivity index (χ4v) is 1.73. The molecule has 2 rings (SSSR count). The van der Waals surface area contributed by atoms with Crippen molar-refractivity contribution in [3.8, 4) is 6.07 Å². The average Bonchev–Trinajstić information content (AvgIpc) is 2.43. The van der Waals surface area contributed by atoms with E-state index in [2.05, 4.69) is 5.32 Å². The van der Waals surface area contributed by atoms with Gasteiger partial charge in [0.2, 0.25) is 5.91 Å². The molecule has 0 unspecified atom stereocenters. The second-order valence-corrected chi connectivity index (χ2v) is 4.27. The minimum Gasteiger partial charge on any atom is -0.397 e. The molecule has 0 heterocycles. The van der Waals surface area contributed by atoms with Crippen molar-refractivity contribution in [2.24, 2.45) is 0 Å². The van der Waals surface area contributed by atoms with Gasteiger partial charge in [0.15, 0.2) is 0 Å². The van der Waals surface area contributed by atoms with E-state index in [9.17, 15) is 9.18 Å². The first-order valence-electron chi connectivity index (χ1n) is 5.92. The molecular weight excluding hydrogens is 257 g/mol. The molecule has 0 aromatic heterocycles. The summed E-state index contributed by atoms with van der Waals surface area (Å²) in [5.41, 5.74) is 7.66. The summed E-state index contributed by atoms with van der Waals surface area (Å²) in [5.74, 6) is -0.599. The SMILES string of the molecule is N#Cc1ccc(NC(=O)Cc2ccc(F)cc2)c(N)c1. The van der Waals surface area contributed by atoms with Crippen LogP contribution in [0.25, 0.3) is 0 Å². The molecule has 3 N–H and O–H groups in total. The van der Waals surface area contributed by atoms with Crippen molar-refractivity contribution >= 4 is 17.3 Å². The first-order chi connectivity index (χ1) is 9.58. The Morgan fingerprint density at radius 1 is 1.25 bits per heavy atom. The van der Waals surface area contributed by atoms with Crippen LogP contribution in [0.4, 0.5) is 15.8 Å². The van der Waals surface area contributed by atoms with Crippen LogP contribution in [0.2, 0.25) is 0 Å². The van der Waals surface area contributed by atoms with Gasteiger partial charge in [0.1, 0.15) is 5.82 Å². The average molecular weight is 269 g/mol. The van der Waals surface area contributed by atoms with Gasteiger partial charge in [-0.2, -0.15) is 5.26 Å². The number of nitriles is 1. The summed E-state index contributed by atoms with van der Waals surface area (Å²) >= 11 is 0. The first-order valence-corrected chi connectivity index (χ1v) is 5.92. The van der Waals surface area contributed by atoms with Crippen LogP contribution in [0.1, 0.15) is 11.1 Å². The predicted octanol–water partition coefficient (Wildman–Crippen LogP) is 2.46. The summed E-state index contributed by atoms with van der Waals surface area (Å²) in [7, 11) is 0. The van der Waals surface area contributed by atoms with Crippen LogP contribution in [-0.4, -0.2) is 5.91 Å². The van der Waals surface area contributed by atoms with E-state index in [1.165, 1.54) is 18.2 Å². The third-order valence-electron chi connectivity index (χ3n) is 2.73. The lowest BCUT2D eigenvalue weighted by molar-refractivity contribution is -0.115. The highest BCUT2D eigenvalue weighted by atomic mass is 19.1. The van der Waals surface area contributed by atoms with Crippen LogP contribution in [0, 0.1) is 17.1 Å². The van der Waals surface area contributed by atoms with Gasteiger partial charge in [0.25, 0.3) is 0 Å². The molecule has 0 aliphatic carbocycles. The zero-order valence-electron chi connectivity index (χ0n) is 10.6. The fraction of sp³-hybridized carbons (Fsp3) is 0.0667. The Bertz CT molecular complexity index is 675. The molecule has 20 heavy (non-hydrogen) atoms. The van der Waals surface area contributed by atoms with Gasteiger partial charge in [-0.25, -0.2) is 4.39 Å². The molecule has 5 heteroatoms. The number of hydrogen-bond acceptors (Lipinski definition) is 3. The van der Waals surface area contributed by atoms with Crippen molar-refractivity contribution in [3.63, 3.8) is 0 Å². The Kier molecular flexibility index (Phi) is 3.96. The van der Waals surface area contributed by atoms with Crippen LogP contribution < -0.4 is 11.1 Å². The molecule has 0 atom stereocenters. The molecule has 0 bridgehead atoms. The van der Waals surface area contributed by atoms with Crippen LogP contribution in [0.3, 0.4) is 0 Å². The van der Waals surface area contributed by atoms with Crippen LogP contribution in [0.5, 0.6) is 0 Å². The largest absolute Gasteiger partial charge is 0.397 e. The van der Waals surface area contributed by atoms with Crippen molar-refractivity contribution in [1.82, 2.24) is 0 Å². The standard InChI is InChI=1S/C15H12FN3O/c16-12-4-1-10(2-5-12)8-15(20)19-14-6-3-11(9-17)7-13(14)18/h1-7H,8,18H2,(H,19,20). The Balaban J connectivity index is 2.05. The third-order valence-corrected chi connectivity index (χ3v) is 2.73. The molecule has 0 saturated carbocycles. The molecular formula is C15H12FN3O. The first kappa shape index (κ1) is 13.6. The molecule has 0 aliphatic rings. The summed E-state index contributed by atoms with van der Waals surface area (Å²) in [4.78, 5) is 11.8. The Morgan fingerprint density at radius 3 is 2.55 bits per heavy atom. The van der Waals surface area contributed by atoms with Gasteiger partial charge in [-0.3, -0.25) is 4.79 Å². The van der Waals surface area contributed by atoms with Gasteiger partial charge < -0.3 is 11.1 Å². The number of nitrogens with two attached hydrogens (primary N) is 1. The number of anilines is 2. The summed E-state index contributed by atoms with van der Waals surface area (Å²) in [6.45, 7) is 0. The number of carbonyl (C=O) groups excluding carboxylic acids is 1. The summed E-state index contributed by atoms with van der Waals surface area (Å²) in [6.07, 6.45) is 0.125.